The molecule has 2 N–H and O–H groups in total. The Kier molecular flexibility index (Phi) is 6.15. The van der Waals surface area contributed by atoms with Crippen LogP contribution in [0.2, 0.25) is 0 Å². The first kappa shape index (κ1) is 14.7. The molecule has 0 fully saturated rings. The summed E-state index contributed by atoms with van der Waals surface area (Å²) in [5, 5.41) is 7.33. The standard InChI is InChI=1S/C10H18BrN3O2S/c1-9-10(8-12-14-9)17(15,16)13-7-5-3-2-4-6-11/h8,13H,2-7H2,1H3,(H,12,14). The molecule has 17 heavy (non-hydrogen) atoms. The molecular formula is C10H18BrN3O2S. The summed E-state index contributed by atoms with van der Waals surface area (Å²) in [6.07, 6.45) is 5.50. The number of aromatic nitrogens is 2. The second kappa shape index (κ2) is 7.13. The average molecular weight is 324 g/mol. The Morgan fingerprint density at radius 1 is 1.35 bits per heavy atom. The molecule has 0 aliphatic rings. The van der Waals surface area contributed by atoms with E-state index in [1.165, 1.54) is 6.20 Å². The van der Waals surface area contributed by atoms with Gasteiger partial charge in [-0.2, -0.15) is 5.10 Å². The highest BCUT2D eigenvalue weighted by Gasteiger charge is 2.17. The van der Waals surface area contributed by atoms with E-state index in [4.69, 9.17) is 0 Å². The van der Waals surface area contributed by atoms with E-state index >= 15 is 0 Å². The van der Waals surface area contributed by atoms with Gasteiger partial charge in [-0.15, -0.1) is 0 Å². The lowest BCUT2D eigenvalue weighted by Crippen LogP contribution is -2.25. The zero-order chi connectivity index (χ0) is 12.7. The number of alkyl halides is 1. The van der Waals surface area contributed by atoms with Gasteiger partial charge in [0.1, 0.15) is 4.90 Å². The molecule has 0 bridgehead atoms. The van der Waals surface area contributed by atoms with Crippen LogP contribution in [0.3, 0.4) is 0 Å². The molecule has 0 aliphatic heterocycles. The van der Waals surface area contributed by atoms with E-state index in [1.807, 2.05) is 0 Å². The molecule has 0 saturated heterocycles. The van der Waals surface area contributed by atoms with Crippen molar-refractivity contribution in [2.45, 2.75) is 37.5 Å². The van der Waals surface area contributed by atoms with Gasteiger partial charge in [0.2, 0.25) is 10.0 Å². The second-order valence-corrected chi connectivity index (χ2v) is 6.39. The summed E-state index contributed by atoms with van der Waals surface area (Å²) >= 11 is 3.36. The predicted octanol–water partition coefficient (Wildman–Crippen LogP) is 1.95. The normalized spacial score (nSPS) is 11.9. The van der Waals surface area contributed by atoms with E-state index in [1.54, 1.807) is 6.92 Å². The molecule has 7 heteroatoms. The SMILES string of the molecule is Cc1[nH]ncc1S(=O)(=O)NCCCCCCBr. The van der Waals surface area contributed by atoms with E-state index < -0.39 is 10.0 Å². The van der Waals surface area contributed by atoms with Gasteiger partial charge >= 0.3 is 0 Å². The summed E-state index contributed by atoms with van der Waals surface area (Å²) in [5.74, 6) is 0. The summed E-state index contributed by atoms with van der Waals surface area (Å²) < 4.78 is 26.2. The molecular weight excluding hydrogens is 306 g/mol. The Morgan fingerprint density at radius 3 is 2.65 bits per heavy atom. The lowest BCUT2D eigenvalue weighted by Gasteiger charge is -2.05. The van der Waals surface area contributed by atoms with Gasteiger partial charge in [-0.3, -0.25) is 5.10 Å². The third-order valence-electron chi connectivity index (χ3n) is 2.43. The maximum atomic E-state index is 11.8. The van der Waals surface area contributed by atoms with Crippen LogP contribution in [0.25, 0.3) is 0 Å². The number of aryl methyl sites for hydroxylation is 1. The Labute approximate surface area is 111 Å². The van der Waals surface area contributed by atoms with E-state index in [0.29, 0.717) is 12.2 Å². The molecule has 1 heterocycles. The van der Waals surface area contributed by atoms with Gasteiger partial charge < -0.3 is 0 Å². The number of rotatable bonds is 8. The zero-order valence-corrected chi connectivity index (χ0v) is 12.3. The first-order valence-corrected chi connectivity index (χ1v) is 8.24. The van der Waals surface area contributed by atoms with Crippen molar-refractivity contribution in [3.8, 4) is 0 Å². The largest absolute Gasteiger partial charge is 0.281 e. The van der Waals surface area contributed by atoms with Crippen molar-refractivity contribution in [1.29, 1.82) is 0 Å². The summed E-state index contributed by atoms with van der Waals surface area (Å²) in [5.41, 5.74) is 0.566. The Morgan fingerprint density at radius 2 is 2.06 bits per heavy atom. The molecule has 0 unspecified atom stereocenters. The Bertz CT molecular complexity index is 431. The molecule has 0 aromatic carbocycles. The number of sulfonamides is 1. The van der Waals surface area contributed by atoms with Crippen molar-refractivity contribution >= 4 is 26.0 Å². The van der Waals surface area contributed by atoms with Crippen LogP contribution in [-0.2, 0) is 10.0 Å². The van der Waals surface area contributed by atoms with Gasteiger partial charge in [-0.25, -0.2) is 13.1 Å². The maximum absolute atomic E-state index is 11.8. The van der Waals surface area contributed by atoms with Crippen LogP contribution in [0, 0.1) is 6.92 Å². The highest BCUT2D eigenvalue weighted by molar-refractivity contribution is 9.09. The van der Waals surface area contributed by atoms with Crippen LogP contribution < -0.4 is 4.72 Å². The van der Waals surface area contributed by atoms with Gasteiger partial charge in [-0.05, 0) is 19.8 Å². The van der Waals surface area contributed by atoms with Crippen molar-refractivity contribution in [3.05, 3.63) is 11.9 Å². The van der Waals surface area contributed by atoms with Crippen LogP contribution in [0.1, 0.15) is 31.4 Å². The predicted molar refractivity (Wildman–Crippen MR) is 70.8 cm³/mol. The number of nitrogens with one attached hydrogen (secondary N) is 2. The van der Waals surface area contributed by atoms with Gasteiger partial charge in [0.05, 0.1) is 11.9 Å². The fourth-order valence-electron chi connectivity index (χ4n) is 1.47. The first-order chi connectivity index (χ1) is 8.08. The molecule has 0 amide bonds. The third kappa shape index (κ3) is 4.77. The summed E-state index contributed by atoms with van der Waals surface area (Å²) in [7, 11) is -3.39. The van der Waals surface area contributed by atoms with E-state index in [2.05, 4.69) is 30.8 Å². The molecule has 98 valence electrons. The molecule has 0 atom stereocenters. The summed E-state index contributed by atoms with van der Waals surface area (Å²) in [6.45, 7) is 2.17. The molecule has 1 rings (SSSR count). The molecule has 0 saturated carbocycles. The van der Waals surface area contributed by atoms with Crippen LogP contribution in [-0.4, -0.2) is 30.5 Å². The topological polar surface area (TPSA) is 74.8 Å². The fourth-order valence-corrected chi connectivity index (χ4v) is 3.07. The average Bonchev–Trinajstić information content (AvgIpc) is 2.70. The van der Waals surface area contributed by atoms with Crippen molar-refractivity contribution in [3.63, 3.8) is 0 Å². The Balaban J connectivity index is 2.34. The van der Waals surface area contributed by atoms with Crippen molar-refractivity contribution < 1.29 is 8.42 Å². The van der Waals surface area contributed by atoms with Crippen molar-refractivity contribution in [2.75, 3.05) is 11.9 Å². The number of H-pyrrole nitrogens is 1. The molecule has 0 aliphatic carbocycles. The van der Waals surface area contributed by atoms with Crippen LogP contribution in [0.5, 0.6) is 0 Å². The number of hydrogen-bond donors (Lipinski definition) is 2. The summed E-state index contributed by atoms with van der Waals surface area (Å²) in [4.78, 5) is 0.234. The minimum absolute atomic E-state index is 0.234. The minimum atomic E-state index is -3.39. The number of unbranched alkanes of at least 4 members (excludes halogenated alkanes) is 3. The second-order valence-electron chi connectivity index (χ2n) is 3.86. The van der Waals surface area contributed by atoms with Gasteiger partial charge in [-0.1, -0.05) is 28.8 Å². The van der Waals surface area contributed by atoms with E-state index in [0.717, 1.165) is 31.0 Å². The number of halogens is 1. The lowest BCUT2D eigenvalue weighted by molar-refractivity contribution is 0.573. The first-order valence-electron chi connectivity index (χ1n) is 5.63. The molecule has 1 aromatic rings. The number of nitrogens with zero attached hydrogens (tertiary/aromatic N) is 1. The number of aromatic amines is 1. The minimum Gasteiger partial charge on any atom is -0.281 e. The molecule has 0 radical (unpaired) electrons. The van der Waals surface area contributed by atoms with E-state index in [9.17, 15) is 8.42 Å². The summed E-state index contributed by atoms with van der Waals surface area (Å²) in [6, 6.07) is 0. The van der Waals surface area contributed by atoms with E-state index in [-0.39, 0.29) is 4.90 Å². The van der Waals surface area contributed by atoms with Crippen LogP contribution in [0.4, 0.5) is 0 Å². The number of hydrogen-bond acceptors (Lipinski definition) is 3. The van der Waals surface area contributed by atoms with Crippen molar-refractivity contribution in [1.82, 2.24) is 14.9 Å². The highest BCUT2D eigenvalue weighted by Crippen LogP contribution is 2.10. The smallest absolute Gasteiger partial charge is 0.243 e. The van der Waals surface area contributed by atoms with Gasteiger partial charge in [0, 0.05) is 11.9 Å². The molecule has 5 nitrogen and oxygen atoms in total. The van der Waals surface area contributed by atoms with Gasteiger partial charge in [0.15, 0.2) is 0 Å². The monoisotopic (exact) mass is 323 g/mol. The molecule has 0 spiro atoms. The third-order valence-corrected chi connectivity index (χ3v) is 4.56. The quantitative estimate of drug-likeness (QED) is 0.567. The molecule has 1 aromatic heterocycles. The van der Waals surface area contributed by atoms with Crippen LogP contribution >= 0.6 is 15.9 Å². The fraction of sp³-hybridized carbons (Fsp3) is 0.700. The highest BCUT2D eigenvalue weighted by atomic mass is 79.9. The maximum Gasteiger partial charge on any atom is 0.243 e. The van der Waals surface area contributed by atoms with Crippen LogP contribution in [0.15, 0.2) is 11.1 Å². The zero-order valence-electron chi connectivity index (χ0n) is 9.87. The Hall–Kier alpha value is -0.400. The lowest BCUT2D eigenvalue weighted by atomic mass is 10.2. The van der Waals surface area contributed by atoms with Gasteiger partial charge in [0.25, 0.3) is 0 Å². The van der Waals surface area contributed by atoms with Crippen molar-refractivity contribution in [2.24, 2.45) is 0 Å².